The Morgan fingerprint density at radius 3 is 2.85 bits per heavy atom. The van der Waals surface area contributed by atoms with Crippen molar-refractivity contribution in [3.8, 4) is 22.8 Å². The predicted octanol–water partition coefficient (Wildman–Crippen LogP) is 4.76. The Kier molecular flexibility index (Phi) is 4.91. The summed E-state index contributed by atoms with van der Waals surface area (Å²) in [5.41, 5.74) is 10.6. The van der Waals surface area contributed by atoms with Gasteiger partial charge in [0.2, 0.25) is 0 Å². The van der Waals surface area contributed by atoms with Crippen molar-refractivity contribution in [2.24, 2.45) is 7.05 Å². The van der Waals surface area contributed by atoms with Crippen molar-refractivity contribution in [2.45, 2.75) is 32.4 Å². The second-order valence-electron chi connectivity index (χ2n) is 8.71. The lowest BCUT2D eigenvalue weighted by Gasteiger charge is -2.23. The van der Waals surface area contributed by atoms with Crippen LogP contribution in [0.3, 0.4) is 0 Å². The maximum Gasteiger partial charge on any atom is 0.150 e. The first-order valence-corrected chi connectivity index (χ1v) is 11.4. The van der Waals surface area contributed by atoms with Crippen LogP contribution in [0.4, 0.5) is 5.82 Å². The molecule has 1 fully saturated rings. The van der Waals surface area contributed by atoms with Crippen molar-refractivity contribution in [1.82, 2.24) is 29.3 Å². The molecule has 0 amide bonds. The van der Waals surface area contributed by atoms with Gasteiger partial charge in [0.15, 0.2) is 6.23 Å². The molecule has 1 aliphatic heterocycles. The number of fused-ring (bicyclic) bond motifs is 2. The highest BCUT2D eigenvalue weighted by Crippen LogP contribution is 2.40. The molecular weight excluding hydrogens is 430 g/mol. The number of nitrogens with zero attached hydrogens (tertiary/aromatic N) is 6. The van der Waals surface area contributed by atoms with Gasteiger partial charge < -0.3 is 19.8 Å². The fraction of sp³-hybridized carbons (Fsp3) is 0.280. The molecule has 1 atom stereocenters. The van der Waals surface area contributed by atoms with Crippen LogP contribution in [-0.2, 0) is 11.8 Å². The van der Waals surface area contributed by atoms with Gasteiger partial charge in [-0.05, 0) is 49.9 Å². The van der Waals surface area contributed by atoms with E-state index in [4.69, 9.17) is 15.2 Å². The minimum atomic E-state index is -0.0563. The molecule has 0 spiro atoms. The van der Waals surface area contributed by atoms with E-state index in [9.17, 15) is 0 Å². The third-order valence-electron chi connectivity index (χ3n) is 6.30. The van der Waals surface area contributed by atoms with Gasteiger partial charge in [0, 0.05) is 25.4 Å². The monoisotopic (exact) mass is 455 g/mol. The van der Waals surface area contributed by atoms with E-state index in [1.807, 2.05) is 53.8 Å². The zero-order chi connectivity index (χ0) is 23.2. The van der Waals surface area contributed by atoms with Crippen LogP contribution in [0.15, 0.2) is 49.3 Å². The average Bonchev–Trinajstić information content (AvgIpc) is 3.48. The van der Waals surface area contributed by atoms with Gasteiger partial charge >= 0.3 is 0 Å². The van der Waals surface area contributed by atoms with E-state index in [1.54, 1.807) is 6.33 Å². The van der Waals surface area contributed by atoms with E-state index in [2.05, 4.69) is 26.1 Å². The van der Waals surface area contributed by atoms with Gasteiger partial charge in [0.1, 0.15) is 23.6 Å². The van der Waals surface area contributed by atoms with Crippen LogP contribution >= 0.6 is 0 Å². The molecule has 9 heteroatoms. The standard InChI is InChI=1S/C25H25N7O2/c1-15-6-7-20-17(11-30-32(20)22-5-3-4-8-33-22)24(15)34-21-10-16(19-12-31(2)14-29-19)9-18-23(21)25(26)28-13-27-18/h6-7,9-14,22H,3-5,8H2,1-2H3,(H2,26,27,28). The summed E-state index contributed by atoms with van der Waals surface area (Å²) in [6.45, 7) is 2.78. The summed E-state index contributed by atoms with van der Waals surface area (Å²) in [6.07, 6.45) is 10.1. The van der Waals surface area contributed by atoms with Crippen molar-refractivity contribution in [1.29, 1.82) is 0 Å². The summed E-state index contributed by atoms with van der Waals surface area (Å²) >= 11 is 0. The first-order chi connectivity index (χ1) is 16.6. The summed E-state index contributed by atoms with van der Waals surface area (Å²) in [7, 11) is 1.94. The van der Waals surface area contributed by atoms with Crippen molar-refractivity contribution in [3.63, 3.8) is 0 Å². The van der Waals surface area contributed by atoms with Crippen LogP contribution in [0.2, 0.25) is 0 Å². The van der Waals surface area contributed by atoms with Crippen LogP contribution in [0, 0.1) is 6.92 Å². The third-order valence-corrected chi connectivity index (χ3v) is 6.30. The molecule has 5 aromatic rings. The number of rotatable bonds is 4. The topological polar surface area (TPSA) is 106 Å². The lowest BCUT2D eigenvalue weighted by molar-refractivity contribution is -0.0366. The van der Waals surface area contributed by atoms with E-state index in [-0.39, 0.29) is 6.23 Å². The molecule has 2 aromatic carbocycles. The number of hydrogen-bond acceptors (Lipinski definition) is 7. The number of imidazole rings is 1. The maximum absolute atomic E-state index is 6.60. The number of nitrogens with two attached hydrogens (primary N) is 1. The minimum Gasteiger partial charge on any atom is -0.455 e. The average molecular weight is 456 g/mol. The van der Waals surface area contributed by atoms with Crippen LogP contribution in [0.5, 0.6) is 11.5 Å². The summed E-state index contributed by atoms with van der Waals surface area (Å²) in [5, 5.41) is 6.25. The Morgan fingerprint density at radius 2 is 2.06 bits per heavy atom. The third kappa shape index (κ3) is 3.45. The zero-order valence-electron chi connectivity index (χ0n) is 19.1. The fourth-order valence-electron chi connectivity index (χ4n) is 4.56. The molecule has 0 aliphatic carbocycles. The largest absolute Gasteiger partial charge is 0.455 e. The van der Waals surface area contributed by atoms with Crippen molar-refractivity contribution < 1.29 is 9.47 Å². The number of benzene rings is 2. The normalized spacial score (nSPS) is 16.4. The van der Waals surface area contributed by atoms with E-state index in [1.165, 1.54) is 6.33 Å². The molecule has 2 N–H and O–H groups in total. The van der Waals surface area contributed by atoms with Gasteiger partial charge in [0.25, 0.3) is 0 Å². The summed E-state index contributed by atoms with van der Waals surface area (Å²) in [6, 6.07) is 8.01. The highest BCUT2D eigenvalue weighted by atomic mass is 16.5. The van der Waals surface area contributed by atoms with Crippen molar-refractivity contribution >= 4 is 27.6 Å². The van der Waals surface area contributed by atoms with Gasteiger partial charge in [-0.2, -0.15) is 5.10 Å². The number of anilines is 1. The molecule has 1 aliphatic rings. The molecule has 9 nitrogen and oxygen atoms in total. The molecule has 172 valence electrons. The summed E-state index contributed by atoms with van der Waals surface area (Å²) in [5.74, 6) is 1.67. The van der Waals surface area contributed by atoms with Gasteiger partial charge in [0.05, 0.1) is 40.0 Å². The Hall–Kier alpha value is -3.98. The van der Waals surface area contributed by atoms with Crippen LogP contribution in [0.25, 0.3) is 33.1 Å². The van der Waals surface area contributed by atoms with Gasteiger partial charge in [-0.1, -0.05) is 6.07 Å². The smallest absolute Gasteiger partial charge is 0.150 e. The van der Waals surface area contributed by atoms with E-state index in [0.29, 0.717) is 22.5 Å². The lowest BCUT2D eigenvalue weighted by Crippen LogP contribution is -2.18. The molecule has 1 saturated heterocycles. The van der Waals surface area contributed by atoms with E-state index in [0.717, 1.165) is 59.3 Å². The fourth-order valence-corrected chi connectivity index (χ4v) is 4.56. The highest BCUT2D eigenvalue weighted by Gasteiger charge is 2.22. The van der Waals surface area contributed by atoms with Crippen molar-refractivity contribution in [3.05, 3.63) is 54.9 Å². The number of aryl methyl sites for hydroxylation is 2. The second kappa shape index (κ2) is 8.11. The number of aromatic nitrogens is 6. The van der Waals surface area contributed by atoms with Gasteiger partial charge in [-0.3, -0.25) is 0 Å². The molecule has 6 rings (SSSR count). The molecule has 4 heterocycles. The molecule has 1 unspecified atom stereocenters. The number of nitrogen functional groups attached to an aromatic ring is 1. The quantitative estimate of drug-likeness (QED) is 0.416. The number of hydrogen-bond donors (Lipinski definition) is 1. The first kappa shape index (κ1) is 20.6. The molecule has 3 aromatic heterocycles. The maximum atomic E-state index is 6.60. The van der Waals surface area contributed by atoms with Crippen LogP contribution < -0.4 is 10.5 Å². The summed E-state index contributed by atoms with van der Waals surface area (Å²) in [4.78, 5) is 13.1. The van der Waals surface area contributed by atoms with Gasteiger partial charge in [-0.15, -0.1) is 0 Å². The Labute approximate surface area is 196 Å². The second-order valence-corrected chi connectivity index (χ2v) is 8.71. The van der Waals surface area contributed by atoms with E-state index < -0.39 is 0 Å². The van der Waals surface area contributed by atoms with Gasteiger partial charge in [-0.25, -0.2) is 19.6 Å². The number of ether oxygens (including phenoxy) is 2. The Balaban J connectivity index is 1.50. The molecule has 0 radical (unpaired) electrons. The van der Waals surface area contributed by atoms with Crippen LogP contribution in [-0.4, -0.2) is 35.9 Å². The molecule has 0 bridgehead atoms. The lowest BCUT2D eigenvalue weighted by atomic mass is 10.1. The predicted molar refractivity (Wildman–Crippen MR) is 130 cm³/mol. The summed E-state index contributed by atoms with van der Waals surface area (Å²) < 4.78 is 16.4. The van der Waals surface area contributed by atoms with Crippen molar-refractivity contribution in [2.75, 3.05) is 12.3 Å². The zero-order valence-corrected chi connectivity index (χ0v) is 19.1. The first-order valence-electron chi connectivity index (χ1n) is 11.4. The SMILES string of the molecule is Cc1ccc2c(cnn2C2CCCCO2)c1Oc1cc(-c2cn(C)cn2)cc2ncnc(N)c12. The minimum absolute atomic E-state index is 0.0563. The van der Waals surface area contributed by atoms with E-state index >= 15 is 0 Å². The molecule has 0 saturated carbocycles. The van der Waals surface area contributed by atoms with Crippen LogP contribution in [0.1, 0.15) is 31.1 Å². The molecule has 34 heavy (non-hydrogen) atoms. The molecular formula is C25H25N7O2. The highest BCUT2D eigenvalue weighted by molar-refractivity contribution is 5.97. The Bertz CT molecular complexity index is 1520. The Morgan fingerprint density at radius 1 is 1.15 bits per heavy atom.